The number of nitrogens with zero attached hydrogens (tertiary/aromatic N) is 3. The highest BCUT2D eigenvalue weighted by Gasteiger charge is 2.28. The Kier molecular flexibility index (Phi) is 8.15. The van der Waals surface area contributed by atoms with Gasteiger partial charge in [-0.3, -0.25) is 9.48 Å². The van der Waals surface area contributed by atoms with Gasteiger partial charge in [-0.2, -0.15) is 4.68 Å². The molecule has 0 radical (unpaired) electrons. The molecule has 0 atom stereocenters. The van der Waals surface area contributed by atoms with Crippen molar-refractivity contribution < 1.29 is 14.3 Å². The molecular formula is C34H33N3O4. The molecule has 0 N–H and O–H groups in total. The van der Waals surface area contributed by atoms with Gasteiger partial charge in [0.15, 0.2) is 6.10 Å². The summed E-state index contributed by atoms with van der Waals surface area (Å²) in [5.41, 5.74) is 3.87. The number of amides is 1. The number of ether oxygens (including phenoxy) is 1. The van der Waals surface area contributed by atoms with Gasteiger partial charge in [-0.1, -0.05) is 91.0 Å². The summed E-state index contributed by atoms with van der Waals surface area (Å²) in [7, 11) is 0. The molecule has 0 unspecified atom stereocenters. The maximum absolute atomic E-state index is 13.8. The number of carbonyl (C=O) groups excluding carboxylic acids is 2. The third-order valence-electron chi connectivity index (χ3n) is 7.36. The van der Waals surface area contributed by atoms with Gasteiger partial charge in [-0.05, 0) is 55.2 Å². The Morgan fingerprint density at radius 1 is 0.805 bits per heavy atom. The molecule has 41 heavy (non-hydrogen) atoms. The fourth-order valence-electron chi connectivity index (χ4n) is 5.17. The van der Waals surface area contributed by atoms with E-state index in [1.165, 1.54) is 0 Å². The number of aryl methyl sites for hydroxylation is 2. The van der Waals surface area contributed by atoms with Gasteiger partial charge < -0.3 is 9.64 Å². The van der Waals surface area contributed by atoms with Crippen LogP contribution >= 0.6 is 0 Å². The predicted octanol–water partition coefficient (Wildman–Crippen LogP) is 6.57. The van der Waals surface area contributed by atoms with E-state index in [1.807, 2.05) is 106 Å². The van der Waals surface area contributed by atoms with Crippen LogP contribution in [0.3, 0.4) is 0 Å². The van der Waals surface area contributed by atoms with Crippen molar-refractivity contribution in [3.8, 4) is 0 Å². The molecule has 0 saturated heterocycles. The highest BCUT2D eigenvalue weighted by Crippen LogP contribution is 2.28. The molecule has 1 amide bonds. The number of rotatable bonds is 8. The van der Waals surface area contributed by atoms with Gasteiger partial charge in [0, 0.05) is 19.6 Å². The Hall–Kier alpha value is -4.91. The zero-order chi connectivity index (χ0) is 28.9. The average Bonchev–Trinajstić information content (AvgIpc) is 3.31. The van der Waals surface area contributed by atoms with Gasteiger partial charge in [0.2, 0.25) is 0 Å². The summed E-state index contributed by atoms with van der Waals surface area (Å²) in [6.07, 6.45) is -0.643. The fraction of sp³-hybridized carbons (Fsp3) is 0.206. The van der Waals surface area contributed by atoms with Gasteiger partial charge in [0.05, 0.1) is 16.5 Å². The Labute approximate surface area is 239 Å². The summed E-state index contributed by atoms with van der Waals surface area (Å²) >= 11 is 0. The quantitative estimate of drug-likeness (QED) is 0.206. The first-order valence-corrected chi connectivity index (χ1v) is 13.8. The molecule has 5 rings (SSSR count). The van der Waals surface area contributed by atoms with E-state index in [0.29, 0.717) is 25.2 Å². The zero-order valence-electron chi connectivity index (χ0n) is 23.5. The molecule has 7 heteroatoms. The van der Waals surface area contributed by atoms with Crippen molar-refractivity contribution in [2.24, 2.45) is 0 Å². The minimum atomic E-state index is -0.643. The summed E-state index contributed by atoms with van der Waals surface area (Å²) < 4.78 is 8.86. The number of aromatic nitrogens is 2. The van der Waals surface area contributed by atoms with Crippen LogP contribution in [0.15, 0.2) is 108 Å². The van der Waals surface area contributed by atoms with Crippen LogP contribution in [0, 0.1) is 6.92 Å². The second-order valence-electron chi connectivity index (χ2n) is 9.86. The van der Waals surface area contributed by atoms with E-state index >= 15 is 0 Å². The molecule has 0 spiro atoms. The lowest BCUT2D eigenvalue weighted by atomic mass is 10.0. The van der Waals surface area contributed by atoms with Gasteiger partial charge in [0.25, 0.3) is 5.56 Å². The number of hydrogen-bond acceptors (Lipinski definition) is 4. The summed E-state index contributed by atoms with van der Waals surface area (Å²) in [4.78, 5) is 42.9. The SMILES string of the molecule is CCN(Cc1ccccc1C)C(=O)n1c(=O)c2cccc(C(=O)OC(c3ccccc3)c3ccccc3)c2n1CC. The molecule has 0 bridgehead atoms. The fourth-order valence-corrected chi connectivity index (χ4v) is 5.17. The van der Waals surface area contributed by atoms with E-state index in [9.17, 15) is 14.4 Å². The van der Waals surface area contributed by atoms with Gasteiger partial charge >= 0.3 is 12.0 Å². The predicted molar refractivity (Wildman–Crippen MR) is 160 cm³/mol. The first-order chi connectivity index (χ1) is 19.9. The van der Waals surface area contributed by atoms with Crippen LogP contribution in [0.1, 0.15) is 52.6 Å². The largest absolute Gasteiger partial charge is 0.449 e. The lowest BCUT2D eigenvalue weighted by molar-refractivity contribution is 0.0379. The number of esters is 1. The maximum Gasteiger partial charge on any atom is 0.346 e. The lowest BCUT2D eigenvalue weighted by Crippen LogP contribution is -2.41. The van der Waals surface area contributed by atoms with Crippen molar-refractivity contribution in [3.05, 3.63) is 141 Å². The van der Waals surface area contributed by atoms with Crippen LogP contribution in [0.2, 0.25) is 0 Å². The van der Waals surface area contributed by atoms with E-state index < -0.39 is 23.7 Å². The number of para-hydroxylation sites is 1. The van der Waals surface area contributed by atoms with Gasteiger partial charge in [-0.25, -0.2) is 9.59 Å². The molecule has 0 aliphatic rings. The zero-order valence-corrected chi connectivity index (χ0v) is 23.5. The summed E-state index contributed by atoms with van der Waals surface area (Å²) in [5, 5.41) is 0.289. The Morgan fingerprint density at radius 3 is 2.00 bits per heavy atom. The van der Waals surface area contributed by atoms with Crippen molar-refractivity contribution in [1.29, 1.82) is 0 Å². The minimum absolute atomic E-state index is 0.229. The van der Waals surface area contributed by atoms with Crippen molar-refractivity contribution in [2.75, 3.05) is 6.54 Å². The van der Waals surface area contributed by atoms with Crippen LogP contribution in [0.25, 0.3) is 10.9 Å². The second kappa shape index (κ2) is 12.1. The summed E-state index contributed by atoms with van der Waals surface area (Å²) in [6.45, 7) is 6.81. The maximum atomic E-state index is 13.8. The van der Waals surface area contributed by atoms with E-state index in [0.717, 1.165) is 26.9 Å². The molecule has 0 fully saturated rings. The third kappa shape index (κ3) is 5.43. The standard InChI is InChI=1S/C34H33N3O4/c1-4-35(23-27-20-13-12-15-24(27)3)34(40)37-32(38)28-21-14-22-29(30(28)36(37)5-2)33(39)41-31(25-16-8-6-9-17-25)26-18-10-7-11-19-26/h6-22,31H,4-5,23H2,1-3H3. The normalized spacial score (nSPS) is 11.1. The third-order valence-corrected chi connectivity index (χ3v) is 7.36. The number of hydrogen-bond donors (Lipinski definition) is 0. The summed E-state index contributed by atoms with van der Waals surface area (Å²) in [5.74, 6) is -0.577. The molecule has 0 aliphatic heterocycles. The van der Waals surface area contributed by atoms with Crippen LogP contribution < -0.4 is 5.56 Å². The molecule has 0 saturated carbocycles. The van der Waals surface area contributed by atoms with Crippen molar-refractivity contribution in [2.45, 2.75) is 40.0 Å². The van der Waals surface area contributed by atoms with Crippen molar-refractivity contribution in [3.63, 3.8) is 0 Å². The van der Waals surface area contributed by atoms with E-state index in [4.69, 9.17) is 4.74 Å². The minimum Gasteiger partial charge on any atom is -0.449 e. The number of carbonyl (C=O) groups is 2. The highest BCUT2D eigenvalue weighted by atomic mass is 16.5. The average molecular weight is 548 g/mol. The Balaban J connectivity index is 1.56. The van der Waals surface area contributed by atoms with Gasteiger partial charge in [-0.15, -0.1) is 0 Å². The second-order valence-corrected chi connectivity index (χ2v) is 9.86. The van der Waals surface area contributed by atoms with Gasteiger partial charge in [0.1, 0.15) is 0 Å². The topological polar surface area (TPSA) is 73.5 Å². The lowest BCUT2D eigenvalue weighted by Gasteiger charge is -2.23. The van der Waals surface area contributed by atoms with Crippen LogP contribution in [-0.2, 0) is 17.8 Å². The van der Waals surface area contributed by atoms with E-state index in [-0.39, 0.29) is 10.9 Å². The Bertz CT molecular complexity index is 1700. The highest BCUT2D eigenvalue weighted by molar-refractivity contribution is 6.03. The van der Waals surface area contributed by atoms with E-state index in [2.05, 4.69) is 0 Å². The Morgan fingerprint density at radius 2 is 1.41 bits per heavy atom. The molecule has 0 aliphatic carbocycles. The van der Waals surface area contributed by atoms with Crippen molar-refractivity contribution >= 4 is 22.9 Å². The van der Waals surface area contributed by atoms with Crippen LogP contribution in [0.4, 0.5) is 4.79 Å². The molecule has 1 aromatic heterocycles. The first-order valence-electron chi connectivity index (χ1n) is 13.8. The molecule has 5 aromatic rings. The number of benzene rings is 4. The van der Waals surface area contributed by atoms with Crippen molar-refractivity contribution in [1.82, 2.24) is 14.3 Å². The first kappa shape index (κ1) is 27.6. The number of fused-ring (bicyclic) bond motifs is 1. The molecule has 7 nitrogen and oxygen atoms in total. The molecule has 1 heterocycles. The molecule has 208 valence electrons. The van der Waals surface area contributed by atoms with Crippen LogP contribution in [-0.4, -0.2) is 32.8 Å². The van der Waals surface area contributed by atoms with E-state index in [1.54, 1.807) is 27.8 Å². The summed E-state index contributed by atoms with van der Waals surface area (Å²) in [6, 6.07) is 31.4. The molecular weight excluding hydrogens is 514 g/mol. The molecule has 4 aromatic carbocycles. The monoisotopic (exact) mass is 547 g/mol. The smallest absolute Gasteiger partial charge is 0.346 e. The van der Waals surface area contributed by atoms with Crippen LogP contribution in [0.5, 0.6) is 0 Å².